The Morgan fingerprint density at radius 3 is 2.74 bits per heavy atom. The van der Waals surface area contributed by atoms with Crippen molar-refractivity contribution >= 4 is 33.5 Å². The van der Waals surface area contributed by atoms with Crippen LogP contribution in [-0.2, 0) is 16.0 Å². The topological polar surface area (TPSA) is 57.6 Å². The number of amides is 1. The number of rotatable bonds is 5. The Kier molecular flexibility index (Phi) is 4.58. The molecular weight excluding hydrogens is 310 g/mol. The summed E-state index contributed by atoms with van der Waals surface area (Å²) in [5, 5.41) is 8.55. The molecule has 1 amide bonds. The summed E-state index contributed by atoms with van der Waals surface area (Å²) in [6.45, 7) is 0.726. The third kappa shape index (κ3) is 3.56. The molecule has 0 spiro atoms. The second kappa shape index (κ2) is 6.19. The first-order valence-corrected chi connectivity index (χ1v) is 7.18. The minimum Gasteiger partial charge on any atom is -0.481 e. The van der Waals surface area contributed by atoms with Gasteiger partial charge in [0.1, 0.15) is 0 Å². The SMILES string of the molecule is O=C(O)CCCCC(=O)N1CCc2ccc(Br)cc21. The highest BCUT2D eigenvalue weighted by atomic mass is 79.9. The monoisotopic (exact) mass is 325 g/mol. The summed E-state index contributed by atoms with van der Waals surface area (Å²) in [7, 11) is 0. The second-order valence-corrected chi connectivity index (χ2v) is 5.58. The zero-order valence-electron chi connectivity index (χ0n) is 10.6. The lowest BCUT2D eigenvalue weighted by molar-refractivity contribution is -0.137. The van der Waals surface area contributed by atoms with Gasteiger partial charge in [0.05, 0.1) is 0 Å². The molecule has 1 heterocycles. The molecule has 0 unspecified atom stereocenters. The molecule has 1 aliphatic rings. The van der Waals surface area contributed by atoms with Crippen molar-refractivity contribution in [2.45, 2.75) is 32.1 Å². The zero-order valence-corrected chi connectivity index (χ0v) is 12.1. The lowest BCUT2D eigenvalue weighted by Crippen LogP contribution is -2.28. The first-order valence-electron chi connectivity index (χ1n) is 6.38. The maximum atomic E-state index is 12.1. The number of carboxylic acids is 1. The van der Waals surface area contributed by atoms with E-state index in [9.17, 15) is 9.59 Å². The molecule has 1 N–H and O–H groups in total. The van der Waals surface area contributed by atoms with E-state index >= 15 is 0 Å². The minimum atomic E-state index is -0.803. The van der Waals surface area contributed by atoms with E-state index in [1.54, 1.807) is 4.90 Å². The van der Waals surface area contributed by atoms with Gasteiger partial charge in [0.2, 0.25) is 5.91 Å². The fourth-order valence-electron chi connectivity index (χ4n) is 2.30. The van der Waals surface area contributed by atoms with Crippen LogP contribution >= 0.6 is 15.9 Å². The summed E-state index contributed by atoms with van der Waals surface area (Å²) in [5.74, 6) is -0.717. The molecule has 1 aromatic carbocycles. The van der Waals surface area contributed by atoms with E-state index in [4.69, 9.17) is 5.11 Å². The fourth-order valence-corrected chi connectivity index (χ4v) is 2.65. The molecule has 102 valence electrons. The van der Waals surface area contributed by atoms with Crippen LogP contribution in [0.15, 0.2) is 22.7 Å². The van der Waals surface area contributed by atoms with E-state index in [-0.39, 0.29) is 12.3 Å². The van der Waals surface area contributed by atoms with Crippen LogP contribution in [0.5, 0.6) is 0 Å². The van der Waals surface area contributed by atoms with Crippen molar-refractivity contribution in [3.63, 3.8) is 0 Å². The molecular formula is C14H16BrNO3. The normalized spacial score (nSPS) is 13.4. The summed E-state index contributed by atoms with van der Waals surface area (Å²) in [6.07, 6.45) is 2.63. The number of anilines is 1. The van der Waals surface area contributed by atoms with E-state index in [1.807, 2.05) is 18.2 Å². The number of aliphatic carboxylic acids is 1. The van der Waals surface area contributed by atoms with Gasteiger partial charge in [-0.2, -0.15) is 0 Å². The first-order chi connectivity index (χ1) is 9.08. The Morgan fingerprint density at radius 1 is 1.26 bits per heavy atom. The van der Waals surface area contributed by atoms with Crippen LogP contribution in [0.25, 0.3) is 0 Å². The second-order valence-electron chi connectivity index (χ2n) is 4.67. The highest BCUT2D eigenvalue weighted by molar-refractivity contribution is 9.10. The number of fused-ring (bicyclic) bond motifs is 1. The number of benzene rings is 1. The molecule has 5 heteroatoms. The highest BCUT2D eigenvalue weighted by Crippen LogP contribution is 2.31. The lowest BCUT2D eigenvalue weighted by atomic mass is 10.1. The minimum absolute atomic E-state index is 0.0854. The number of carbonyl (C=O) groups is 2. The van der Waals surface area contributed by atoms with Crippen LogP contribution < -0.4 is 4.90 Å². The van der Waals surface area contributed by atoms with E-state index in [0.717, 1.165) is 23.1 Å². The first kappa shape index (κ1) is 14.1. The predicted octanol–water partition coefficient (Wildman–Crippen LogP) is 2.98. The Bertz CT molecular complexity index is 501. The Labute approximate surface area is 120 Å². The van der Waals surface area contributed by atoms with Crippen molar-refractivity contribution in [1.29, 1.82) is 0 Å². The van der Waals surface area contributed by atoms with Crippen molar-refractivity contribution in [1.82, 2.24) is 0 Å². The van der Waals surface area contributed by atoms with Crippen LogP contribution in [-0.4, -0.2) is 23.5 Å². The molecule has 2 rings (SSSR count). The smallest absolute Gasteiger partial charge is 0.303 e. The molecule has 0 atom stereocenters. The number of halogens is 1. The highest BCUT2D eigenvalue weighted by Gasteiger charge is 2.24. The lowest BCUT2D eigenvalue weighted by Gasteiger charge is -2.17. The summed E-state index contributed by atoms with van der Waals surface area (Å²) in [5.41, 5.74) is 2.18. The van der Waals surface area contributed by atoms with Gasteiger partial charge < -0.3 is 10.0 Å². The quantitative estimate of drug-likeness (QED) is 0.847. The van der Waals surface area contributed by atoms with Gasteiger partial charge in [-0.1, -0.05) is 22.0 Å². The largest absolute Gasteiger partial charge is 0.481 e. The third-order valence-electron chi connectivity index (χ3n) is 3.28. The van der Waals surface area contributed by atoms with E-state index in [0.29, 0.717) is 19.3 Å². The number of carboxylic acid groups (broad SMARTS) is 1. The molecule has 0 fully saturated rings. The van der Waals surface area contributed by atoms with Gasteiger partial charge in [0.15, 0.2) is 0 Å². The number of unbranched alkanes of at least 4 members (excludes halogenated alkanes) is 1. The number of hydrogen-bond donors (Lipinski definition) is 1. The Morgan fingerprint density at radius 2 is 2.00 bits per heavy atom. The average Bonchev–Trinajstić information content (AvgIpc) is 2.77. The van der Waals surface area contributed by atoms with Gasteiger partial charge >= 0.3 is 5.97 Å². The van der Waals surface area contributed by atoms with E-state index in [2.05, 4.69) is 15.9 Å². The summed E-state index contributed by atoms with van der Waals surface area (Å²) in [4.78, 5) is 24.3. The van der Waals surface area contributed by atoms with Gasteiger partial charge in [0.25, 0.3) is 0 Å². The summed E-state index contributed by atoms with van der Waals surface area (Å²) in [6, 6.07) is 5.99. The van der Waals surface area contributed by atoms with Gasteiger partial charge in [-0.15, -0.1) is 0 Å². The summed E-state index contributed by atoms with van der Waals surface area (Å²) < 4.78 is 0.969. The van der Waals surface area contributed by atoms with Crippen molar-refractivity contribution in [3.05, 3.63) is 28.2 Å². The predicted molar refractivity (Wildman–Crippen MR) is 76.3 cm³/mol. The summed E-state index contributed by atoms with van der Waals surface area (Å²) >= 11 is 3.42. The zero-order chi connectivity index (χ0) is 13.8. The molecule has 0 bridgehead atoms. The maximum Gasteiger partial charge on any atom is 0.303 e. The van der Waals surface area contributed by atoms with Crippen LogP contribution in [0.3, 0.4) is 0 Å². The molecule has 19 heavy (non-hydrogen) atoms. The Hall–Kier alpha value is -1.36. The third-order valence-corrected chi connectivity index (χ3v) is 3.77. The molecule has 4 nitrogen and oxygen atoms in total. The average molecular weight is 326 g/mol. The van der Waals surface area contributed by atoms with E-state index < -0.39 is 5.97 Å². The van der Waals surface area contributed by atoms with Crippen LogP contribution in [0.2, 0.25) is 0 Å². The van der Waals surface area contributed by atoms with Crippen LogP contribution in [0.1, 0.15) is 31.2 Å². The van der Waals surface area contributed by atoms with E-state index in [1.165, 1.54) is 5.56 Å². The van der Waals surface area contributed by atoms with Crippen molar-refractivity contribution < 1.29 is 14.7 Å². The fraction of sp³-hybridized carbons (Fsp3) is 0.429. The molecule has 1 aliphatic heterocycles. The maximum absolute atomic E-state index is 12.1. The van der Waals surface area contributed by atoms with Crippen molar-refractivity contribution in [2.75, 3.05) is 11.4 Å². The van der Waals surface area contributed by atoms with Gasteiger partial charge in [0, 0.05) is 29.5 Å². The Balaban J connectivity index is 1.92. The molecule has 0 saturated heterocycles. The van der Waals surface area contributed by atoms with Crippen LogP contribution in [0, 0.1) is 0 Å². The van der Waals surface area contributed by atoms with Crippen molar-refractivity contribution in [3.8, 4) is 0 Å². The van der Waals surface area contributed by atoms with Gasteiger partial charge in [-0.25, -0.2) is 0 Å². The van der Waals surface area contributed by atoms with Crippen LogP contribution in [0.4, 0.5) is 5.69 Å². The molecule has 0 aromatic heterocycles. The molecule has 0 aliphatic carbocycles. The number of hydrogen-bond acceptors (Lipinski definition) is 2. The number of carbonyl (C=O) groups excluding carboxylic acids is 1. The molecule has 0 saturated carbocycles. The standard InChI is InChI=1S/C14H16BrNO3/c15-11-6-5-10-7-8-16(12(10)9-11)13(17)3-1-2-4-14(18)19/h5-6,9H,1-4,7-8H2,(H,18,19). The number of nitrogens with zero attached hydrogens (tertiary/aromatic N) is 1. The van der Waals surface area contributed by atoms with Gasteiger partial charge in [-0.05, 0) is 37.0 Å². The van der Waals surface area contributed by atoms with Gasteiger partial charge in [-0.3, -0.25) is 9.59 Å². The van der Waals surface area contributed by atoms with Crippen molar-refractivity contribution in [2.24, 2.45) is 0 Å². The molecule has 0 radical (unpaired) electrons. The molecule has 1 aromatic rings.